The first kappa shape index (κ1) is 21.8. The molecule has 2 N–H and O–H groups in total. The van der Waals surface area contributed by atoms with Crippen LogP contribution in [0.3, 0.4) is 0 Å². The first-order valence-corrected chi connectivity index (χ1v) is 10.1. The Hall–Kier alpha value is -2.85. The number of hydrazine groups is 1. The van der Waals surface area contributed by atoms with Crippen molar-refractivity contribution < 1.29 is 28.3 Å². The zero-order valence-electron chi connectivity index (χ0n) is 16.4. The number of likely N-dealkylation sites (tertiary alicyclic amines) is 1. The van der Waals surface area contributed by atoms with Crippen LogP contribution < -0.4 is 15.6 Å². The zero-order valence-corrected chi connectivity index (χ0v) is 17.9. The molecule has 0 bridgehead atoms. The van der Waals surface area contributed by atoms with Crippen molar-refractivity contribution >= 4 is 33.7 Å². The topological polar surface area (TPSA) is 110 Å². The van der Waals surface area contributed by atoms with Gasteiger partial charge in [0.05, 0.1) is 29.8 Å². The van der Waals surface area contributed by atoms with Crippen molar-refractivity contribution in [1.82, 2.24) is 15.8 Å². The van der Waals surface area contributed by atoms with Gasteiger partial charge in [0.15, 0.2) is 0 Å². The maximum absolute atomic E-state index is 12.4. The van der Waals surface area contributed by atoms with Crippen LogP contribution >= 0.6 is 15.9 Å². The molecule has 1 saturated heterocycles. The highest BCUT2D eigenvalue weighted by molar-refractivity contribution is 9.10. The maximum atomic E-state index is 12.4. The number of carbonyl (C=O) groups excluding carboxylic acids is 3. The first-order chi connectivity index (χ1) is 14.5. The standard InChI is InChI=1S/C20H22BrN3O6/c1-28-7-8-30-17-5-4-13(9-16(17)21)19(26)22-23-20(27)14-10-18(25)24(11-14)12-15-3-2-6-29-15/h2-6,9,14H,7-8,10-12H2,1H3,(H,22,26)(H,23,27). The lowest BCUT2D eigenvalue weighted by Crippen LogP contribution is -2.45. The molecule has 3 amide bonds. The minimum atomic E-state index is -0.545. The summed E-state index contributed by atoms with van der Waals surface area (Å²) in [4.78, 5) is 38.4. The molecule has 1 aromatic carbocycles. The minimum absolute atomic E-state index is 0.0848. The molecule has 0 saturated carbocycles. The Kier molecular flexibility index (Phi) is 7.47. The summed E-state index contributed by atoms with van der Waals surface area (Å²) in [6, 6.07) is 8.34. The second-order valence-corrected chi connectivity index (χ2v) is 7.54. The Balaban J connectivity index is 1.49. The van der Waals surface area contributed by atoms with E-state index in [0.717, 1.165) is 0 Å². The van der Waals surface area contributed by atoms with E-state index in [-0.39, 0.29) is 18.9 Å². The van der Waals surface area contributed by atoms with Gasteiger partial charge in [-0.25, -0.2) is 0 Å². The lowest BCUT2D eigenvalue weighted by atomic mass is 10.1. The second-order valence-electron chi connectivity index (χ2n) is 6.68. The fourth-order valence-electron chi connectivity index (χ4n) is 2.98. The summed E-state index contributed by atoms with van der Waals surface area (Å²) in [5.41, 5.74) is 5.11. The number of methoxy groups -OCH3 is 1. The molecule has 1 fully saturated rings. The van der Waals surface area contributed by atoms with Crippen LogP contribution in [-0.4, -0.2) is 49.5 Å². The van der Waals surface area contributed by atoms with Crippen LogP contribution in [0.25, 0.3) is 0 Å². The summed E-state index contributed by atoms with van der Waals surface area (Å²) in [7, 11) is 1.58. The predicted octanol–water partition coefficient (Wildman–Crippen LogP) is 1.88. The van der Waals surface area contributed by atoms with Gasteiger partial charge in [0.25, 0.3) is 5.91 Å². The lowest BCUT2D eigenvalue weighted by Gasteiger charge is -2.15. The van der Waals surface area contributed by atoms with Crippen molar-refractivity contribution in [3.05, 3.63) is 52.4 Å². The molecule has 9 nitrogen and oxygen atoms in total. The number of nitrogens with one attached hydrogen (secondary N) is 2. The summed E-state index contributed by atoms with van der Waals surface area (Å²) in [6.45, 7) is 1.41. The monoisotopic (exact) mass is 479 g/mol. The number of hydrogen-bond donors (Lipinski definition) is 2. The van der Waals surface area contributed by atoms with Crippen LogP contribution in [0.5, 0.6) is 5.75 Å². The van der Waals surface area contributed by atoms with Gasteiger partial charge < -0.3 is 18.8 Å². The van der Waals surface area contributed by atoms with Crippen LogP contribution in [0, 0.1) is 5.92 Å². The van der Waals surface area contributed by atoms with E-state index in [1.807, 2.05) is 0 Å². The third-order valence-corrected chi connectivity index (χ3v) is 5.17. The third kappa shape index (κ3) is 5.61. The molecule has 0 radical (unpaired) electrons. The molecule has 1 aliphatic heterocycles. The molecule has 2 heterocycles. The number of carbonyl (C=O) groups is 3. The number of amides is 3. The summed E-state index contributed by atoms with van der Waals surface area (Å²) in [5.74, 6) is -0.352. The molecule has 3 rings (SSSR count). The summed E-state index contributed by atoms with van der Waals surface area (Å²) in [5, 5.41) is 0. The number of benzene rings is 1. The summed E-state index contributed by atoms with van der Waals surface area (Å²) >= 11 is 3.36. The van der Waals surface area contributed by atoms with Gasteiger partial charge in [0.2, 0.25) is 11.8 Å². The van der Waals surface area contributed by atoms with Gasteiger partial charge >= 0.3 is 0 Å². The minimum Gasteiger partial charge on any atom is -0.490 e. The molecule has 0 spiro atoms. The van der Waals surface area contributed by atoms with E-state index in [9.17, 15) is 14.4 Å². The van der Waals surface area contributed by atoms with Gasteiger partial charge in [-0.1, -0.05) is 0 Å². The number of nitrogens with zero attached hydrogens (tertiary/aromatic N) is 1. The van der Waals surface area contributed by atoms with Crippen LogP contribution in [-0.2, 0) is 20.9 Å². The summed E-state index contributed by atoms with van der Waals surface area (Å²) < 4.78 is 16.3. The van der Waals surface area contributed by atoms with E-state index >= 15 is 0 Å². The van der Waals surface area contributed by atoms with Gasteiger partial charge in [-0.15, -0.1) is 0 Å². The number of rotatable bonds is 8. The SMILES string of the molecule is COCCOc1ccc(C(=O)NNC(=O)C2CC(=O)N(Cc3ccco3)C2)cc1Br. The van der Waals surface area contributed by atoms with E-state index < -0.39 is 17.7 Å². The van der Waals surface area contributed by atoms with Crippen LogP contribution in [0.2, 0.25) is 0 Å². The first-order valence-electron chi connectivity index (χ1n) is 9.29. The van der Waals surface area contributed by atoms with Gasteiger partial charge in [-0.3, -0.25) is 25.2 Å². The Morgan fingerprint density at radius 3 is 2.80 bits per heavy atom. The average Bonchev–Trinajstić information content (AvgIpc) is 3.37. The molecule has 1 unspecified atom stereocenters. The highest BCUT2D eigenvalue weighted by atomic mass is 79.9. The quantitative estimate of drug-likeness (QED) is 0.441. The van der Waals surface area contributed by atoms with Gasteiger partial charge in [-0.05, 0) is 46.3 Å². The van der Waals surface area contributed by atoms with Gasteiger partial charge in [0.1, 0.15) is 18.1 Å². The molecule has 1 aromatic heterocycles. The highest BCUT2D eigenvalue weighted by Crippen LogP contribution is 2.26. The van der Waals surface area contributed by atoms with Crippen molar-refractivity contribution in [3.8, 4) is 5.75 Å². The van der Waals surface area contributed by atoms with E-state index in [4.69, 9.17) is 13.9 Å². The van der Waals surface area contributed by atoms with E-state index in [0.29, 0.717) is 41.3 Å². The van der Waals surface area contributed by atoms with Crippen LogP contribution in [0.1, 0.15) is 22.5 Å². The third-order valence-electron chi connectivity index (χ3n) is 4.55. The van der Waals surface area contributed by atoms with Crippen molar-refractivity contribution in [2.24, 2.45) is 5.92 Å². The number of hydrogen-bond acceptors (Lipinski definition) is 6. The molecule has 30 heavy (non-hydrogen) atoms. The number of furan rings is 1. The van der Waals surface area contributed by atoms with Crippen molar-refractivity contribution in [2.45, 2.75) is 13.0 Å². The molecule has 160 valence electrons. The molecule has 0 aliphatic carbocycles. The Morgan fingerprint density at radius 2 is 2.10 bits per heavy atom. The van der Waals surface area contributed by atoms with E-state index in [1.54, 1.807) is 42.3 Å². The lowest BCUT2D eigenvalue weighted by molar-refractivity contribution is -0.129. The predicted molar refractivity (Wildman–Crippen MR) is 109 cm³/mol. The van der Waals surface area contributed by atoms with Crippen LogP contribution in [0.15, 0.2) is 45.5 Å². The fraction of sp³-hybridized carbons (Fsp3) is 0.350. The Labute approximate surface area is 181 Å². The van der Waals surface area contributed by atoms with Crippen molar-refractivity contribution in [1.29, 1.82) is 0 Å². The molecule has 1 aliphatic rings. The zero-order chi connectivity index (χ0) is 21.5. The smallest absolute Gasteiger partial charge is 0.269 e. The van der Waals surface area contributed by atoms with Crippen LogP contribution in [0.4, 0.5) is 0 Å². The molecular weight excluding hydrogens is 458 g/mol. The fourth-order valence-corrected chi connectivity index (χ4v) is 3.47. The largest absolute Gasteiger partial charge is 0.490 e. The average molecular weight is 480 g/mol. The van der Waals surface area contributed by atoms with Gasteiger partial charge in [-0.2, -0.15) is 0 Å². The normalized spacial score (nSPS) is 15.9. The Morgan fingerprint density at radius 1 is 1.27 bits per heavy atom. The van der Waals surface area contributed by atoms with E-state index in [2.05, 4.69) is 26.8 Å². The number of halogens is 1. The molecule has 2 aromatic rings. The molecule has 1 atom stereocenters. The molecular formula is C20H22BrN3O6. The Bertz CT molecular complexity index is 902. The second kappa shape index (κ2) is 10.3. The number of ether oxygens (including phenoxy) is 2. The van der Waals surface area contributed by atoms with Crippen molar-refractivity contribution in [2.75, 3.05) is 26.9 Å². The highest BCUT2D eigenvalue weighted by Gasteiger charge is 2.34. The summed E-state index contributed by atoms with van der Waals surface area (Å²) in [6.07, 6.45) is 1.62. The van der Waals surface area contributed by atoms with Crippen molar-refractivity contribution in [3.63, 3.8) is 0 Å². The van der Waals surface area contributed by atoms with Gasteiger partial charge in [0, 0.05) is 25.6 Å². The van der Waals surface area contributed by atoms with E-state index in [1.165, 1.54) is 6.26 Å². The molecule has 10 heteroatoms. The maximum Gasteiger partial charge on any atom is 0.269 e.